The summed E-state index contributed by atoms with van der Waals surface area (Å²) >= 11 is 0. The van der Waals surface area contributed by atoms with E-state index >= 15 is 0 Å². The second kappa shape index (κ2) is 6.54. The Morgan fingerprint density at radius 2 is 2.11 bits per heavy atom. The van der Waals surface area contributed by atoms with Gasteiger partial charge in [0.05, 0.1) is 5.56 Å². The first kappa shape index (κ1) is 13.8. The molecule has 0 radical (unpaired) electrons. The number of benzene rings is 1. The highest BCUT2D eigenvalue weighted by Crippen LogP contribution is 2.14. The zero-order chi connectivity index (χ0) is 13.7. The molecule has 1 aliphatic rings. The predicted molar refractivity (Wildman–Crippen MR) is 75.2 cm³/mol. The maximum absolute atomic E-state index is 10.9. The van der Waals surface area contributed by atoms with Crippen molar-refractivity contribution in [3.05, 3.63) is 29.3 Å². The van der Waals surface area contributed by atoms with Crippen LogP contribution in [0.25, 0.3) is 0 Å². The van der Waals surface area contributed by atoms with E-state index in [0.29, 0.717) is 12.2 Å². The first-order valence-corrected chi connectivity index (χ1v) is 6.71. The minimum atomic E-state index is -0.918. The topological polar surface area (TPSA) is 78.6 Å². The van der Waals surface area contributed by atoms with Crippen LogP contribution in [0, 0.1) is 0 Å². The van der Waals surface area contributed by atoms with E-state index in [4.69, 9.17) is 10.8 Å². The molecule has 19 heavy (non-hydrogen) atoms. The van der Waals surface area contributed by atoms with Gasteiger partial charge in [-0.05, 0) is 49.7 Å². The predicted octanol–water partition coefficient (Wildman–Crippen LogP) is 1.15. The van der Waals surface area contributed by atoms with Crippen molar-refractivity contribution in [2.45, 2.75) is 19.4 Å². The molecule has 2 rings (SSSR count). The zero-order valence-corrected chi connectivity index (χ0v) is 11.1. The third-order valence-electron chi connectivity index (χ3n) is 3.51. The van der Waals surface area contributed by atoms with Crippen LogP contribution in [0.5, 0.6) is 0 Å². The van der Waals surface area contributed by atoms with Crippen molar-refractivity contribution in [2.24, 2.45) is 0 Å². The molecule has 0 saturated carbocycles. The number of nitrogens with two attached hydrogens (primary N) is 1. The summed E-state index contributed by atoms with van der Waals surface area (Å²) in [5.41, 5.74) is 7.62. The quantitative estimate of drug-likeness (QED) is 0.530. The Balaban J connectivity index is 1.81. The largest absolute Gasteiger partial charge is 0.478 e. The first-order valence-electron chi connectivity index (χ1n) is 6.71. The summed E-state index contributed by atoms with van der Waals surface area (Å²) in [6.07, 6.45) is 2.60. The Morgan fingerprint density at radius 3 is 2.79 bits per heavy atom. The summed E-state index contributed by atoms with van der Waals surface area (Å²) in [7, 11) is 0. The molecule has 0 amide bonds. The van der Waals surface area contributed by atoms with Crippen molar-refractivity contribution in [3.8, 4) is 0 Å². The molecule has 1 aromatic rings. The van der Waals surface area contributed by atoms with E-state index in [1.54, 1.807) is 12.1 Å². The van der Waals surface area contributed by atoms with Gasteiger partial charge >= 0.3 is 5.97 Å². The van der Waals surface area contributed by atoms with Gasteiger partial charge in [-0.15, -0.1) is 0 Å². The van der Waals surface area contributed by atoms with Crippen LogP contribution >= 0.6 is 0 Å². The fourth-order valence-corrected chi connectivity index (χ4v) is 2.36. The average Bonchev–Trinajstić information content (AvgIpc) is 2.89. The normalized spacial score (nSPS) is 15.8. The number of hydrogen-bond acceptors (Lipinski definition) is 4. The number of likely N-dealkylation sites (tertiary alicyclic amines) is 1. The molecule has 104 valence electrons. The number of nitrogen functional groups attached to an aromatic ring is 1. The lowest BCUT2D eigenvalue weighted by Gasteiger charge is -2.15. The molecule has 0 spiro atoms. The monoisotopic (exact) mass is 263 g/mol. The first-order chi connectivity index (χ1) is 9.16. The number of carbonyl (C=O) groups is 1. The maximum Gasteiger partial charge on any atom is 0.335 e. The molecule has 5 nitrogen and oxygen atoms in total. The van der Waals surface area contributed by atoms with Crippen molar-refractivity contribution in [2.75, 3.05) is 31.9 Å². The van der Waals surface area contributed by atoms with E-state index in [1.165, 1.54) is 32.0 Å². The molecule has 0 unspecified atom stereocenters. The van der Waals surface area contributed by atoms with Crippen molar-refractivity contribution >= 4 is 11.7 Å². The van der Waals surface area contributed by atoms with Crippen LogP contribution in [0.15, 0.2) is 18.2 Å². The molecule has 1 fully saturated rings. The molecule has 0 aromatic heterocycles. The van der Waals surface area contributed by atoms with Crippen LogP contribution in [0.4, 0.5) is 5.69 Å². The van der Waals surface area contributed by atoms with Crippen molar-refractivity contribution < 1.29 is 9.90 Å². The minimum Gasteiger partial charge on any atom is -0.478 e. The van der Waals surface area contributed by atoms with Crippen LogP contribution in [0.3, 0.4) is 0 Å². The summed E-state index contributed by atoms with van der Waals surface area (Å²) in [5, 5.41) is 12.3. The molecule has 0 bridgehead atoms. The van der Waals surface area contributed by atoms with Crippen LogP contribution in [0.1, 0.15) is 28.8 Å². The zero-order valence-electron chi connectivity index (χ0n) is 11.1. The van der Waals surface area contributed by atoms with Crippen LogP contribution in [0.2, 0.25) is 0 Å². The standard InChI is InChI=1S/C14H21N3O2/c15-13-4-3-11(14(18)19)9-12(13)10-16-5-8-17-6-1-2-7-17/h3-4,9,16H,1-2,5-8,10,15H2,(H,18,19). The summed E-state index contributed by atoms with van der Waals surface area (Å²) in [6.45, 7) is 4.94. The number of hydrogen-bond donors (Lipinski definition) is 3. The molecule has 5 heteroatoms. The van der Waals surface area contributed by atoms with Crippen LogP contribution < -0.4 is 11.1 Å². The van der Waals surface area contributed by atoms with Gasteiger partial charge in [-0.25, -0.2) is 4.79 Å². The van der Waals surface area contributed by atoms with Gasteiger partial charge in [0.15, 0.2) is 0 Å². The lowest BCUT2D eigenvalue weighted by molar-refractivity contribution is 0.0697. The van der Waals surface area contributed by atoms with Gasteiger partial charge in [-0.1, -0.05) is 0 Å². The van der Waals surface area contributed by atoms with Crippen molar-refractivity contribution in [1.29, 1.82) is 0 Å². The number of aromatic carboxylic acids is 1. The Kier molecular flexibility index (Phi) is 4.76. The summed E-state index contributed by atoms with van der Waals surface area (Å²) in [6, 6.07) is 4.83. The van der Waals surface area contributed by atoms with E-state index in [0.717, 1.165) is 18.7 Å². The molecule has 1 aromatic carbocycles. The van der Waals surface area contributed by atoms with Crippen LogP contribution in [-0.4, -0.2) is 42.2 Å². The van der Waals surface area contributed by atoms with Gasteiger partial charge < -0.3 is 21.1 Å². The number of nitrogens with zero attached hydrogens (tertiary/aromatic N) is 1. The van der Waals surface area contributed by atoms with E-state index in [2.05, 4.69) is 10.2 Å². The van der Waals surface area contributed by atoms with Gasteiger partial charge in [0.2, 0.25) is 0 Å². The lowest BCUT2D eigenvalue weighted by Crippen LogP contribution is -2.29. The molecular weight excluding hydrogens is 242 g/mol. The van der Waals surface area contributed by atoms with E-state index in [9.17, 15) is 4.79 Å². The Hall–Kier alpha value is -1.59. The van der Waals surface area contributed by atoms with Crippen molar-refractivity contribution in [3.63, 3.8) is 0 Å². The second-order valence-electron chi connectivity index (χ2n) is 4.94. The van der Waals surface area contributed by atoms with Gasteiger partial charge in [-0.2, -0.15) is 0 Å². The molecule has 4 N–H and O–H groups in total. The van der Waals surface area contributed by atoms with E-state index in [-0.39, 0.29) is 5.56 Å². The maximum atomic E-state index is 10.9. The van der Waals surface area contributed by atoms with Gasteiger partial charge in [0.25, 0.3) is 0 Å². The van der Waals surface area contributed by atoms with E-state index in [1.807, 2.05) is 0 Å². The highest BCUT2D eigenvalue weighted by atomic mass is 16.4. The second-order valence-corrected chi connectivity index (χ2v) is 4.94. The average molecular weight is 263 g/mol. The van der Waals surface area contributed by atoms with E-state index < -0.39 is 5.97 Å². The van der Waals surface area contributed by atoms with Crippen molar-refractivity contribution in [1.82, 2.24) is 10.2 Å². The number of nitrogens with one attached hydrogen (secondary N) is 1. The highest BCUT2D eigenvalue weighted by molar-refractivity contribution is 5.88. The van der Waals surface area contributed by atoms with Gasteiger partial charge in [0.1, 0.15) is 0 Å². The number of carboxylic acids is 1. The number of rotatable bonds is 6. The number of carboxylic acid groups (broad SMARTS) is 1. The fourth-order valence-electron chi connectivity index (χ4n) is 2.36. The molecule has 1 saturated heterocycles. The van der Waals surface area contributed by atoms with Gasteiger partial charge in [-0.3, -0.25) is 0 Å². The molecule has 1 aliphatic heterocycles. The molecule has 0 atom stereocenters. The smallest absolute Gasteiger partial charge is 0.335 e. The summed E-state index contributed by atoms with van der Waals surface area (Å²) in [4.78, 5) is 13.3. The molecule has 1 heterocycles. The fraction of sp³-hybridized carbons (Fsp3) is 0.500. The third-order valence-corrected chi connectivity index (χ3v) is 3.51. The Morgan fingerprint density at radius 1 is 1.37 bits per heavy atom. The SMILES string of the molecule is Nc1ccc(C(=O)O)cc1CNCCN1CCCC1. The lowest BCUT2D eigenvalue weighted by atomic mass is 10.1. The molecular formula is C14H21N3O2. The van der Waals surface area contributed by atoms with Crippen LogP contribution in [-0.2, 0) is 6.54 Å². The number of anilines is 1. The summed E-state index contributed by atoms with van der Waals surface area (Å²) < 4.78 is 0. The Labute approximate surface area is 113 Å². The molecule has 0 aliphatic carbocycles. The highest BCUT2D eigenvalue weighted by Gasteiger charge is 2.10. The minimum absolute atomic E-state index is 0.283. The third kappa shape index (κ3) is 3.94. The van der Waals surface area contributed by atoms with Gasteiger partial charge in [0, 0.05) is 25.3 Å². The Bertz CT molecular complexity index is 442. The summed E-state index contributed by atoms with van der Waals surface area (Å²) in [5.74, 6) is -0.918.